The van der Waals surface area contributed by atoms with Crippen molar-refractivity contribution in [1.82, 2.24) is 13.9 Å². The summed E-state index contributed by atoms with van der Waals surface area (Å²) in [5.74, 6) is 0.0760. The zero-order valence-corrected chi connectivity index (χ0v) is 18.0. The molecule has 30 heavy (non-hydrogen) atoms. The van der Waals surface area contributed by atoms with Gasteiger partial charge in [0.25, 0.3) is 0 Å². The summed E-state index contributed by atoms with van der Waals surface area (Å²) in [7, 11) is -3.63. The fourth-order valence-electron chi connectivity index (χ4n) is 3.50. The second-order valence-electron chi connectivity index (χ2n) is 6.86. The summed E-state index contributed by atoms with van der Waals surface area (Å²) in [5, 5.41) is 0.274. The van der Waals surface area contributed by atoms with Crippen LogP contribution in [-0.2, 0) is 21.3 Å². The van der Waals surface area contributed by atoms with Crippen molar-refractivity contribution in [2.45, 2.75) is 18.4 Å². The maximum absolute atomic E-state index is 14.0. The van der Waals surface area contributed by atoms with E-state index in [1.54, 1.807) is 36.4 Å². The van der Waals surface area contributed by atoms with Gasteiger partial charge >= 0.3 is 0 Å². The van der Waals surface area contributed by atoms with E-state index in [1.165, 1.54) is 16.4 Å². The summed E-state index contributed by atoms with van der Waals surface area (Å²) in [6.45, 7) is 3.93. The van der Waals surface area contributed by atoms with E-state index >= 15 is 0 Å². The van der Waals surface area contributed by atoms with Gasteiger partial charge in [-0.2, -0.15) is 4.31 Å². The highest BCUT2D eigenvalue weighted by Gasteiger charge is 2.27. The highest BCUT2D eigenvalue weighted by atomic mass is 35.5. The average Bonchev–Trinajstić information content (AvgIpc) is 3.14. The molecule has 0 unspecified atom stereocenters. The number of morpholine rings is 1. The zero-order chi connectivity index (χ0) is 21.3. The van der Waals surface area contributed by atoms with Crippen molar-refractivity contribution >= 4 is 43.8 Å². The predicted octanol–water partition coefficient (Wildman–Crippen LogP) is 3.95. The standard InChI is InChI=1S/C21H21ClFN3O3S/c1-2-26-20-8-7-16(30(27,28)25-9-11-29-12-10-25)14-19(20)24-21(26)17(22)13-15-5-3-4-6-18(15)23/h3-8,13-14H,2,9-12H2,1H3. The van der Waals surface area contributed by atoms with Crippen molar-refractivity contribution in [3.8, 4) is 0 Å². The van der Waals surface area contributed by atoms with Gasteiger partial charge in [-0.05, 0) is 37.3 Å². The minimum atomic E-state index is -3.63. The molecule has 1 fully saturated rings. The molecule has 1 aliphatic heterocycles. The molecule has 1 saturated heterocycles. The van der Waals surface area contributed by atoms with E-state index in [1.807, 2.05) is 11.5 Å². The minimum Gasteiger partial charge on any atom is -0.379 e. The van der Waals surface area contributed by atoms with Gasteiger partial charge in [0.2, 0.25) is 10.0 Å². The molecule has 0 atom stereocenters. The predicted molar refractivity (Wildman–Crippen MR) is 115 cm³/mol. The van der Waals surface area contributed by atoms with E-state index in [0.717, 1.165) is 5.52 Å². The number of fused-ring (bicyclic) bond motifs is 1. The molecule has 1 aliphatic rings. The van der Waals surface area contributed by atoms with Gasteiger partial charge in [0.15, 0.2) is 5.82 Å². The number of halogens is 2. The smallest absolute Gasteiger partial charge is 0.243 e. The Balaban J connectivity index is 1.77. The third-order valence-corrected chi connectivity index (χ3v) is 7.22. The summed E-state index contributed by atoms with van der Waals surface area (Å²) in [6, 6.07) is 11.2. The van der Waals surface area contributed by atoms with Crippen LogP contribution in [-0.4, -0.2) is 48.6 Å². The second-order valence-corrected chi connectivity index (χ2v) is 9.21. The largest absolute Gasteiger partial charge is 0.379 e. The van der Waals surface area contributed by atoms with Crippen LogP contribution in [0.3, 0.4) is 0 Å². The van der Waals surface area contributed by atoms with Gasteiger partial charge in [-0.1, -0.05) is 29.8 Å². The molecule has 6 nitrogen and oxygen atoms in total. The number of hydrogen-bond acceptors (Lipinski definition) is 4. The van der Waals surface area contributed by atoms with Crippen molar-refractivity contribution < 1.29 is 17.5 Å². The number of sulfonamides is 1. The number of imidazole rings is 1. The third-order valence-electron chi connectivity index (χ3n) is 5.04. The number of nitrogens with zero attached hydrogens (tertiary/aromatic N) is 3. The number of benzene rings is 2. The third kappa shape index (κ3) is 3.88. The minimum absolute atomic E-state index is 0.179. The Morgan fingerprint density at radius 1 is 1.23 bits per heavy atom. The molecular formula is C21H21ClFN3O3S. The number of aromatic nitrogens is 2. The van der Waals surface area contributed by atoms with E-state index < -0.39 is 10.0 Å². The molecule has 0 radical (unpaired) electrons. The Kier molecular flexibility index (Phi) is 5.92. The van der Waals surface area contributed by atoms with Gasteiger partial charge in [0.1, 0.15) is 5.82 Å². The zero-order valence-electron chi connectivity index (χ0n) is 16.4. The topological polar surface area (TPSA) is 64.4 Å². The van der Waals surface area contributed by atoms with Crippen LogP contribution in [0.15, 0.2) is 47.4 Å². The first-order valence-electron chi connectivity index (χ1n) is 9.62. The number of hydrogen-bond donors (Lipinski definition) is 0. The van der Waals surface area contributed by atoms with E-state index in [9.17, 15) is 12.8 Å². The molecular weight excluding hydrogens is 429 g/mol. The van der Waals surface area contributed by atoms with Crippen LogP contribution in [0.2, 0.25) is 0 Å². The van der Waals surface area contributed by atoms with Crippen LogP contribution in [0.1, 0.15) is 18.3 Å². The van der Waals surface area contributed by atoms with Gasteiger partial charge in [-0.3, -0.25) is 0 Å². The molecule has 0 saturated carbocycles. The van der Waals surface area contributed by atoms with Crippen LogP contribution >= 0.6 is 11.6 Å². The van der Waals surface area contributed by atoms with Crippen LogP contribution in [0.5, 0.6) is 0 Å². The number of aryl methyl sites for hydroxylation is 1. The van der Waals surface area contributed by atoms with Gasteiger partial charge < -0.3 is 9.30 Å². The van der Waals surface area contributed by atoms with Crippen molar-refractivity contribution in [1.29, 1.82) is 0 Å². The SMILES string of the molecule is CCn1c(C(Cl)=Cc2ccccc2F)nc2cc(S(=O)(=O)N3CCOCC3)ccc21. The summed E-state index contributed by atoms with van der Waals surface area (Å²) in [6.07, 6.45) is 1.52. The highest BCUT2D eigenvalue weighted by molar-refractivity contribution is 7.89. The molecule has 3 aromatic rings. The van der Waals surface area contributed by atoms with Crippen LogP contribution in [0.25, 0.3) is 22.1 Å². The summed E-state index contributed by atoms with van der Waals surface area (Å²) in [5.41, 5.74) is 1.63. The molecule has 158 valence electrons. The normalized spacial score (nSPS) is 16.3. The molecule has 4 rings (SSSR count). The molecule has 0 spiro atoms. The molecule has 2 heterocycles. The summed E-state index contributed by atoms with van der Waals surface area (Å²) >= 11 is 6.49. The Morgan fingerprint density at radius 3 is 2.67 bits per heavy atom. The van der Waals surface area contributed by atoms with Gasteiger partial charge in [-0.15, -0.1) is 0 Å². The van der Waals surface area contributed by atoms with Gasteiger partial charge in [0, 0.05) is 25.2 Å². The van der Waals surface area contributed by atoms with E-state index in [0.29, 0.717) is 49.8 Å². The van der Waals surface area contributed by atoms with Gasteiger partial charge in [-0.25, -0.2) is 17.8 Å². The van der Waals surface area contributed by atoms with Crippen LogP contribution in [0.4, 0.5) is 4.39 Å². The van der Waals surface area contributed by atoms with Crippen molar-refractivity contribution in [2.75, 3.05) is 26.3 Å². The Labute approximate surface area is 179 Å². The molecule has 1 aromatic heterocycles. The lowest BCUT2D eigenvalue weighted by atomic mass is 10.2. The lowest BCUT2D eigenvalue weighted by molar-refractivity contribution is 0.0730. The van der Waals surface area contributed by atoms with Crippen molar-refractivity contribution in [2.24, 2.45) is 0 Å². The molecule has 0 bridgehead atoms. The van der Waals surface area contributed by atoms with Crippen molar-refractivity contribution in [3.05, 3.63) is 59.7 Å². The molecule has 0 amide bonds. The Bertz CT molecular complexity index is 1220. The fraction of sp³-hybridized carbons (Fsp3) is 0.286. The maximum atomic E-state index is 14.0. The van der Waals surface area contributed by atoms with Gasteiger partial charge in [0.05, 0.1) is 34.2 Å². The first-order chi connectivity index (χ1) is 14.4. The quantitative estimate of drug-likeness (QED) is 0.591. The Hall–Kier alpha value is -2.26. The summed E-state index contributed by atoms with van der Waals surface area (Å²) < 4.78 is 48.5. The molecule has 0 N–H and O–H groups in total. The molecule has 9 heteroatoms. The second kappa shape index (κ2) is 8.47. The van der Waals surface area contributed by atoms with Crippen LogP contribution < -0.4 is 0 Å². The number of rotatable bonds is 5. The first-order valence-corrected chi connectivity index (χ1v) is 11.4. The van der Waals surface area contributed by atoms with Crippen LogP contribution in [0, 0.1) is 5.82 Å². The van der Waals surface area contributed by atoms with Crippen molar-refractivity contribution in [3.63, 3.8) is 0 Å². The van der Waals surface area contributed by atoms with E-state index in [2.05, 4.69) is 4.98 Å². The maximum Gasteiger partial charge on any atom is 0.243 e. The molecule has 0 aliphatic carbocycles. The lowest BCUT2D eigenvalue weighted by Gasteiger charge is -2.26. The monoisotopic (exact) mass is 449 g/mol. The number of ether oxygens (including phenoxy) is 1. The Morgan fingerprint density at radius 2 is 1.97 bits per heavy atom. The fourth-order valence-corrected chi connectivity index (χ4v) is 5.19. The first kappa shape index (κ1) is 21.0. The van der Waals surface area contributed by atoms with E-state index in [-0.39, 0.29) is 15.7 Å². The van der Waals surface area contributed by atoms with E-state index in [4.69, 9.17) is 16.3 Å². The lowest BCUT2D eigenvalue weighted by Crippen LogP contribution is -2.40. The average molecular weight is 450 g/mol. The highest BCUT2D eigenvalue weighted by Crippen LogP contribution is 2.29. The summed E-state index contributed by atoms with van der Waals surface area (Å²) in [4.78, 5) is 4.74. The molecule has 2 aromatic carbocycles.